The molecule has 1 heterocycles. The molecule has 0 radical (unpaired) electrons. The zero-order valence-corrected chi connectivity index (χ0v) is 19.8. The van der Waals surface area contributed by atoms with Crippen LogP contribution in [0.25, 0.3) is 0 Å². The van der Waals surface area contributed by atoms with Crippen molar-refractivity contribution in [3.05, 3.63) is 48.0 Å². The van der Waals surface area contributed by atoms with Crippen LogP contribution in [0.15, 0.2) is 42.5 Å². The molecule has 1 saturated carbocycles. The second kappa shape index (κ2) is 11.1. The third-order valence-electron chi connectivity index (χ3n) is 5.83. The molecule has 9 heteroatoms. The molecule has 2 aromatic rings. The molecule has 2 aliphatic rings. The number of amides is 2. The first-order valence-corrected chi connectivity index (χ1v) is 11.9. The van der Waals surface area contributed by atoms with Gasteiger partial charge in [-0.2, -0.15) is 0 Å². The quantitative estimate of drug-likeness (QED) is 0.391. The van der Waals surface area contributed by atoms with Crippen LogP contribution in [0.4, 0.5) is 5.69 Å². The minimum Gasteiger partial charge on any atom is -0.494 e. The van der Waals surface area contributed by atoms with Gasteiger partial charge in [-0.1, -0.05) is 13.3 Å². The fourth-order valence-corrected chi connectivity index (χ4v) is 3.97. The molecule has 1 aliphatic carbocycles. The van der Waals surface area contributed by atoms with Crippen molar-refractivity contribution in [2.24, 2.45) is 0 Å². The zero-order chi connectivity index (χ0) is 24.7. The monoisotopic (exact) mass is 482 g/mol. The van der Waals surface area contributed by atoms with Gasteiger partial charge in [0.1, 0.15) is 12.3 Å². The van der Waals surface area contributed by atoms with Gasteiger partial charge in [-0.25, -0.2) is 0 Å². The van der Waals surface area contributed by atoms with Crippen LogP contribution in [0.2, 0.25) is 0 Å². The smallest absolute Gasteiger partial charge is 0.325 e. The standard InChI is InChI=1S/C26H30N2O7/c1-2-3-14-32-20-9-6-18(7-10-20)25(31)27-16-24(30)33-17-23(29)28-19-8-11-21-22(15-19)35-26(34-21)12-4-5-13-26/h6-11,15H,2-5,12-14,16-17H2,1H3,(H,27,31)(H,28,29). The van der Waals surface area contributed by atoms with Gasteiger partial charge in [0.05, 0.1) is 6.61 Å². The Morgan fingerprint density at radius 2 is 1.74 bits per heavy atom. The van der Waals surface area contributed by atoms with E-state index in [1.54, 1.807) is 42.5 Å². The normalized spacial score (nSPS) is 15.0. The molecule has 9 nitrogen and oxygen atoms in total. The number of rotatable bonds is 10. The molecule has 4 rings (SSSR count). The van der Waals surface area contributed by atoms with Gasteiger partial charge >= 0.3 is 5.97 Å². The van der Waals surface area contributed by atoms with Crippen LogP contribution >= 0.6 is 0 Å². The van der Waals surface area contributed by atoms with E-state index in [4.69, 9.17) is 18.9 Å². The number of fused-ring (bicyclic) bond motifs is 1. The second-order valence-electron chi connectivity index (χ2n) is 8.60. The van der Waals surface area contributed by atoms with Gasteiger partial charge < -0.3 is 29.6 Å². The number of benzene rings is 2. The van der Waals surface area contributed by atoms with Crippen LogP contribution in [-0.4, -0.2) is 43.3 Å². The van der Waals surface area contributed by atoms with Gasteiger partial charge in [-0.05, 0) is 55.7 Å². The fourth-order valence-electron chi connectivity index (χ4n) is 3.97. The van der Waals surface area contributed by atoms with Gasteiger partial charge in [-0.3, -0.25) is 14.4 Å². The van der Waals surface area contributed by atoms with E-state index in [0.717, 1.165) is 38.5 Å². The summed E-state index contributed by atoms with van der Waals surface area (Å²) in [4.78, 5) is 36.4. The fraction of sp³-hybridized carbons (Fsp3) is 0.423. The van der Waals surface area contributed by atoms with Crippen LogP contribution in [0.1, 0.15) is 55.8 Å². The average molecular weight is 483 g/mol. The molecule has 0 atom stereocenters. The van der Waals surface area contributed by atoms with E-state index in [1.165, 1.54) is 0 Å². The number of hydrogen-bond donors (Lipinski definition) is 2. The summed E-state index contributed by atoms with van der Waals surface area (Å²) in [5.41, 5.74) is 0.902. The molecule has 2 amide bonds. The van der Waals surface area contributed by atoms with E-state index in [0.29, 0.717) is 35.1 Å². The predicted octanol–water partition coefficient (Wildman–Crippen LogP) is 3.82. The lowest BCUT2D eigenvalue weighted by molar-refractivity contribution is -0.146. The maximum absolute atomic E-state index is 12.2. The third kappa shape index (κ3) is 6.44. The number of anilines is 1. The van der Waals surface area contributed by atoms with Crippen LogP contribution in [0.5, 0.6) is 17.2 Å². The average Bonchev–Trinajstić information content (AvgIpc) is 3.47. The zero-order valence-electron chi connectivity index (χ0n) is 19.8. The van der Waals surface area contributed by atoms with Gasteiger partial charge in [-0.15, -0.1) is 0 Å². The molecular formula is C26H30N2O7. The minimum atomic E-state index is -0.720. The van der Waals surface area contributed by atoms with E-state index < -0.39 is 30.2 Å². The number of esters is 1. The molecule has 1 spiro atoms. The van der Waals surface area contributed by atoms with E-state index in [2.05, 4.69) is 17.6 Å². The molecule has 1 aliphatic heterocycles. The summed E-state index contributed by atoms with van der Waals surface area (Å²) < 4.78 is 22.5. The number of carbonyl (C=O) groups excluding carboxylic acids is 3. The van der Waals surface area contributed by atoms with E-state index in [9.17, 15) is 14.4 Å². The molecule has 2 N–H and O–H groups in total. The summed E-state index contributed by atoms with van der Waals surface area (Å²) in [5, 5.41) is 5.15. The lowest BCUT2D eigenvalue weighted by Gasteiger charge is -2.21. The van der Waals surface area contributed by atoms with Gasteiger partial charge in [0, 0.05) is 30.2 Å². The number of unbranched alkanes of at least 4 members (excludes halogenated alkanes) is 1. The van der Waals surface area contributed by atoms with Crippen molar-refractivity contribution in [3.8, 4) is 17.2 Å². The maximum Gasteiger partial charge on any atom is 0.325 e. The number of hydrogen-bond acceptors (Lipinski definition) is 7. The van der Waals surface area contributed by atoms with Gasteiger partial charge in [0.15, 0.2) is 18.1 Å². The van der Waals surface area contributed by atoms with Crippen molar-refractivity contribution in [1.29, 1.82) is 0 Å². The Bertz CT molecular complexity index is 1060. The van der Waals surface area contributed by atoms with Crippen molar-refractivity contribution in [3.63, 3.8) is 0 Å². The topological polar surface area (TPSA) is 112 Å². The summed E-state index contributed by atoms with van der Waals surface area (Å²) in [5.74, 6) is -0.293. The molecule has 186 valence electrons. The Labute approximate surface area is 204 Å². The molecule has 0 bridgehead atoms. The molecule has 1 fully saturated rings. The number of nitrogens with one attached hydrogen (secondary N) is 2. The Hall–Kier alpha value is -3.75. The summed E-state index contributed by atoms with van der Waals surface area (Å²) in [6.45, 7) is 1.87. The van der Waals surface area contributed by atoms with E-state index >= 15 is 0 Å². The van der Waals surface area contributed by atoms with Crippen molar-refractivity contribution in [2.75, 3.05) is 25.1 Å². The molecule has 0 aromatic heterocycles. The first-order chi connectivity index (χ1) is 17.0. The van der Waals surface area contributed by atoms with Crippen molar-refractivity contribution < 1.29 is 33.3 Å². The summed E-state index contributed by atoms with van der Waals surface area (Å²) in [7, 11) is 0. The van der Waals surface area contributed by atoms with Crippen LogP contribution in [0.3, 0.4) is 0 Å². The Balaban J connectivity index is 1.17. The first-order valence-electron chi connectivity index (χ1n) is 11.9. The Morgan fingerprint density at radius 3 is 2.49 bits per heavy atom. The van der Waals surface area contributed by atoms with Crippen molar-refractivity contribution >= 4 is 23.5 Å². The molecule has 0 saturated heterocycles. The Morgan fingerprint density at radius 1 is 1.00 bits per heavy atom. The van der Waals surface area contributed by atoms with Crippen LogP contribution in [0, 0.1) is 0 Å². The Kier molecular flexibility index (Phi) is 7.74. The summed E-state index contributed by atoms with van der Waals surface area (Å²) in [6, 6.07) is 11.8. The molecule has 35 heavy (non-hydrogen) atoms. The minimum absolute atomic E-state index is 0.354. The first kappa shape index (κ1) is 24.4. The second-order valence-corrected chi connectivity index (χ2v) is 8.60. The third-order valence-corrected chi connectivity index (χ3v) is 5.83. The van der Waals surface area contributed by atoms with Crippen LogP contribution in [-0.2, 0) is 14.3 Å². The lowest BCUT2D eigenvalue weighted by atomic mass is 10.2. The summed E-state index contributed by atoms with van der Waals surface area (Å²) >= 11 is 0. The van der Waals surface area contributed by atoms with E-state index in [-0.39, 0.29) is 6.54 Å². The molecule has 0 unspecified atom stereocenters. The highest BCUT2D eigenvalue weighted by atomic mass is 16.7. The number of carbonyl (C=O) groups is 3. The number of ether oxygens (including phenoxy) is 4. The lowest BCUT2D eigenvalue weighted by Crippen LogP contribution is -2.34. The van der Waals surface area contributed by atoms with Gasteiger partial charge in [0.2, 0.25) is 0 Å². The molecular weight excluding hydrogens is 452 g/mol. The largest absolute Gasteiger partial charge is 0.494 e. The van der Waals surface area contributed by atoms with Crippen molar-refractivity contribution in [1.82, 2.24) is 5.32 Å². The van der Waals surface area contributed by atoms with Crippen molar-refractivity contribution in [2.45, 2.75) is 51.2 Å². The molecule has 2 aromatic carbocycles. The summed E-state index contributed by atoms with van der Waals surface area (Å²) in [6.07, 6.45) is 5.80. The highest BCUT2D eigenvalue weighted by molar-refractivity contribution is 5.96. The van der Waals surface area contributed by atoms with Gasteiger partial charge in [0.25, 0.3) is 17.6 Å². The van der Waals surface area contributed by atoms with E-state index in [1.807, 2.05) is 0 Å². The predicted molar refractivity (Wildman–Crippen MR) is 128 cm³/mol. The highest BCUT2D eigenvalue weighted by Crippen LogP contribution is 2.47. The van der Waals surface area contributed by atoms with Crippen LogP contribution < -0.4 is 24.8 Å². The SMILES string of the molecule is CCCCOc1ccc(C(=O)NCC(=O)OCC(=O)Nc2ccc3c(c2)OC2(CCCC2)O3)cc1. The maximum atomic E-state index is 12.2. The highest BCUT2D eigenvalue weighted by Gasteiger charge is 2.44.